The Bertz CT molecular complexity index is 1070. The van der Waals surface area contributed by atoms with Crippen LogP contribution in [0.3, 0.4) is 0 Å². The van der Waals surface area contributed by atoms with Gasteiger partial charge in [0.15, 0.2) is 0 Å². The normalized spacial score (nSPS) is 15.0. The van der Waals surface area contributed by atoms with Crippen molar-refractivity contribution >= 4 is 33.3 Å². The van der Waals surface area contributed by atoms with Gasteiger partial charge in [-0.3, -0.25) is 4.79 Å². The Morgan fingerprint density at radius 3 is 2.55 bits per heavy atom. The smallest absolute Gasteiger partial charge is 0.352 e. The zero-order valence-corrected chi connectivity index (χ0v) is 16.1. The first kappa shape index (κ1) is 19.4. The Morgan fingerprint density at radius 1 is 1.14 bits per heavy atom. The molecule has 0 spiro atoms. The number of rotatable bonds is 3. The number of fused-ring (bicyclic) bond motifs is 1. The third-order valence-electron chi connectivity index (χ3n) is 4.86. The zero-order valence-electron chi connectivity index (χ0n) is 15.3. The first-order chi connectivity index (χ1) is 13.9. The Balaban J connectivity index is 1.69. The summed E-state index contributed by atoms with van der Waals surface area (Å²) in [4.78, 5) is 24.6. The molecule has 150 valence electrons. The van der Waals surface area contributed by atoms with E-state index in [1.807, 2.05) is 4.90 Å². The van der Waals surface area contributed by atoms with Gasteiger partial charge in [0.1, 0.15) is 12.1 Å². The third kappa shape index (κ3) is 3.69. The van der Waals surface area contributed by atoms with Gasteiger partial charge in [0, 0.05) is 36.6 Å². The molecule has 1 saturated heterocycles. The number of hydrogen-bond acceptors (Lipinski definition) is 5. The second-order valence-electron chi connectivity index (χ2n) is 6.58. The van der Waals surface area contributed by atoms with Gasteiger partial charge in [-0.15, -0.1) is 11.3 Å². The van der Waals surface area contributed by atoms with Crippen molar-refractivity contribution in [3.05, 3.63) is 54.9 Å². The topological polar surface area (TPSA) is 49.3 Å². The van der Waals surface area contributed by atoms with E-state index in [-0.39, 0.29) is 11.5 Å². The lowest BCUT2D eigenvalue weighted by Gasteiger charge is -2.35. The third-order valence-corrected chi connectivity index (χ3v) is 6.01. The van der Waals surface area contributed by atoms with E-state index >= 15 is 0 Å². The Hall–Kier alpha value is -2.94. The number of piperazine rings is 1. The highest BCUT2D eigenvalue weighted by atomic mass is 32.1. The van der Waals surface area contributed by atoms with Crippen LogP contribution in [-0.2, 0) is 11.0 Å². The number of amides is 1. The number of carbonyl (C=O) groups excluding carboxylic acids is 1. The minimum absolute atomic E-state index is 0.111. The standard InChI is InChI=1S/C20H17F3N4OS/c1-2-17(28)26-7-9-27(10-8-26)19-18-15(24-12-25-19)11-16(29-18)13-5-3-4-6-14(13)20(21,22)23/h2-6,11-12H,1,7-10H2. The molecule has 3 aromatic rings. The molecule has 4 rings (SSSR count). The van der Waals surface area contributed by atoms with Crippen molar-refractivity contribution < 1.29 is 18.0 Å². The quantitative estimate of drug-likeness (QED) is 0.598. The number of carbonyl (C=O) groups is 1. The summed E-state index contributed by atoms with van der Waals surface area (Å²) in [7, 11) is 0. The molecule has 0 bridgehead atoms. The summed E-state index contributed by atoms with van der Waals surface area (Å²) in [6, 6.07) is 7.21. The SMILES string of the molecule is C=CC(=O)N1CCN(c2ncnc3cc(-c4ccccc4C(F)(F)F)sc23)CC1. The zero-order chi connectivity index (χ0) is 20.6. The van der Waals surface area contributed by atoms with Gasteiger partial charge in [-0.05, 0) is 18.2 Å². The molecule has 9 heteroatoms. The fraction of sp³-hybridized carbons (Fsp3) is 0.250. The van der Waals surface area contributed by atoms with Crippen LogP contribution in [0.5, 0.6) is 0 Å². The van der Waals surface area contributed by atoms with Gasteiger partial charge < -0.3 is 9.80 Å². The maximum absolute atomic E-state index is 13.4. The van der Waals surface area contributed by atoms with Gasteiger partial charge >= 0.3 is 6.18 Å². The van der Waals surface area contributed by atoms with Crippen LogP contribution in [0, 0.1) is 0 Å². The first-order valence-corrected chi connectivity index (χ1v) is 9.77. The predicted molar refractivity (Wildman–Crippen MR) is 107 cm³/mol. The monoisotopic (exact) mass is 418 g/mol. The second-order valence-corrected chi connectivity index (χ2v) is 7.63. The molecule has 29 heavy (non-hydrogen) atoms. The van der Waals surface area contributed by atoms with E-state index in [0.717, 1.165) is 10.8 Å². The number of aromatic nitrogens is 2. The van der Waals surface area contributed by atoms with Crippen molar-refractivity contribution in [3.63, 3.8) is 0 Å². The number of alkyl halides is 3. The molecular formula is C20H17F3N4OS. The molecule has 0 saturated carbocycles. The van der Waals surface area contributed by atoms with E-state index < -0.39 is 11.7 Å². The molecule has 1 aliphatic heterocycles. The summed E-state index contributed by atoms with van der Waals surface area (Å²) in [6.07, 6.45) is -1.72. The summed E-state index contributed by atoms with van der Waals surface area (Å²) in [5, 5.41) is 0. The van der Waals surface area contributed by atoms with Crippen LogP contribution < -0.4 is 4.90 Å². The van der Waals surface area contributed by atoms with E-state index in [1.54, 1.807) is 17.0 Å². The number of nitrogens with zero attached hydrogens (tertiary/aromatic N) is 4. The highest BCUT2D eigenvalue weighted by Crippen LogP contribution is 2.42. The van der Waals surface area contributed by atoms with Crippen LogP contribution >= 0.6 is 11.3 Å². The maximum atomic E-state index is 13.4. The average Bonchev–Trinajstić information content (AvgIpc) is 3.17. The van der Waals surface area contributed by atoms with Crippen molar-refractivity contribution in [2.24, 2.45) is 0 Å². The Kier molecular flexibility index (Phi) is 4.99. The molecule has 3 heterocycles. The van der Waals surface area contributed by atoms with E-state index in [4.69, 9.17) is 0 Å². The first-order valence-electron chi connectivity index (χ1n) is 8.96. The highest BCUT2D eigenvalue weighted by molar-refractivity contribution is 7.22. The number of anilines is 1. The molecule has 0 unspecified atom stereocenters. The van der Waals surface area contributed by atoms with Crippen LogP contribution in [0.15, 0.2) is 49.3 Å². The summed E-state index contributed by atoms with van der Waals surface area (Å²) < 4.78 is 41.0. The largest absolute Gasteiger partial charge is 0.417 e. The van der Waals surface area contributed by atoms with Crippen LogP contribution in [0.25, 0.3) is 20.7 Å². The van der Waals surface area contributed by atoms with Crippen LogP contribution in [0.2, 0.25) is 0 Å². The minimum atomic E-state index is -4.44. The van der Waals surface area contributed by atoms with Crippen molar-refractivity contribution in [2.45, 2.75) is 6.18 Å². The summed E-state index contributed by atoms with van der Waals surface area (Å²) in [5.74, 6) is 0.570. The van der Waals surface area contributed by atoms with Crippen molar-refractivity contribution in [1.82, 2.24) is 14.9 Å². The molecular weight excluding hydrogens is 401 g/mol. The lowest BCUT2D eigenvalue weighted by atomic mass is 10.1. The van der Waals surface area contributed by atoms with Crippen molar-refractivity contribution in [1.29, 1.82) is 0 Å². The number of hydrogen-bond donors (Lipinski definition) is 0. The van der Waals surface area contributed by atoms with Gasteiger partial charge in [-0.2, -0.15) is 13.2 Å². The van der Waals surface area contributed by atoms with Gasteiger partial charge in [-0.25, -0.2) is 9.97 Å². The van der Waals surface area contributed by atoms with E-state index in [2.05, 4.69) is 16.5 Å². The van der Waals surface area contributed by atoms with Crippen molar-refractivity contribution in [3.8, 4) is 10.4 Å². The fourth-order valence-corrected chi connectivity index (χ4v) is 4.58. The predicted octanol–water partition coefficient (Wildman–Crippen LogP) is 4.21. The lowest BCUT2D eigenvalue weighted by Crippen LogP contribution is -2.48. The molecule has 1 amide bonds. The summed E-state index contributed by atoms with van der Waals surface area (Å²) in [6.45, 7) is 5.74. The van der Waals surface area contributed by atoms with E-state index in [0.29, 0.717) is 42.4 Å². The highest BCUT2D eigenvalue weighted by Gasteiger charge is 2.34. The van der Waals surface area contributed by atoms with Crippen LogP contribution in [-0.4, -0.2) is 47.0 Å². The van der Waals surface area contributed by atoms with E-state index in [1.165, 1.54) is 35.9 Å². The Morgan fingerprint density at radius 2 is 1.86 bits per heavy atom. The number of thiophene rings is 1. The maximum Gasteiger partial charge on any atom is 0.417 e. The lowest BCUT2D eigenvalue weighted by molar-refractivity contribution is -0.137. The molecule has 0 N–H and O–H groups in total. The Labute approximate surface area is 169 Å². The van der Waals surface area contributed by atoms with Crippen molar-refractivity contribution in [2.75, 3.05) is 31.1 Å². The molecule has 0 aliphatic carbocycles. The number of benzene rings is 1. The van der Waals surface area contributed by atoms with Crippen LogP contribution in [0.1, 0.15) is 5.56 Å². The molecule has 1 fully saturated rings. The van der Waals surface area contributed by atoms with Gasteiger partial charge in [0.05, 0.1) is 15.8 Å². The molecule has 2 aromatic heterocycles. The summed E-state index contributed by atoms with van der Waals surface area (Å²) in [5.41, 5.74) is 0.0736. The average molecular weight is 418 g/mol. The van der Waals surface area contributed by atoms with Crippen LogP contribution in [0.4, 0.5) is 19.0 Å². The molecule has 5 nitrogen and oxygen atoms in total. The number of halogens is 3. The molecule has 1 aromatic carbocycles. The molecule has 0 radical (unpaired) electrons. The fourth-order valence-electron chi connectivity index (χ4n) is 3.41. The molecule has 1 aliphatic rings. The summed E-state index contributed by atoms with van der Waals surface area (Å²) >= 11 is 1.25. The van der Waals surface area contributed by atoms with E-state index in [9.17, 15) is 18.0 Å². The molecule has 0 atom stereocenters. The van der Waals surface area contributed by atoms with Gasteiger partial charge in [0.25, 0.3) is 0 Å². The minimum Gasteiger partial charge on any atom is -0.352 e. The van der Waals surface area contributed by atoms with Gasteiger partial charge in [0.2, 0.25) is 5.91 Å². The second kappa shape index (κ2) is 7.47. The van der Waals surface area contributed by atoms with Gasteiger partial charge in [-0.1, -0.05) is 24.8 Å².